The molecule has 5 nitrogen and oxygen atoms in total. The number of aryl methyl sites for hydroxylation is 1. The molecule has 4 rings (SSSR count). The fraction of sp³-hybridized carbons (Fsp3) is 0.0667. The van der Waals surface area contributed by atoms with E-state index >= 15 is 0 Å². The minimum absolute atomic E-state index is 0.294. The molecule has 1 aromatic heterocycles. The lowest BCUT2D eigenvalue weighted by Crippen LogP contribution is -2.13. The molecule has 0 amide bonds. The normalized spacial score (nSPS) is 18.9. The fourth-order valence-corrected chi connectivity index (χ4v) is 5.30. The van der Waals surface area contributed by atoms with Crippen molar-refractivity contribution < 1.29 is 4.21 Å². The molecule has 8 heteroatoms. The standard InChI is InChI=1S/C15H10Cl2N4OS/c1-9-18-15-20-23(22,13-5-3-2-4-11(13)17)14-8-10(16)6-7-12(14)21(15)19-9/h2-8H,1H3. The van der Waals surface area contributed by atoms with Crippen molar-refractivity contribution in [1.82, 2.24) is 14.8 Å². The van der Waals surface area contributed by atoms with E-state index in [2.05, 4.69) is 14.4 Å². The van der Waals surface area contributed by atoms with Crippen molar-refractivity contribution in [2.75, 3.05) is 0 Å². The third-order valence-corrected chi connectivity index (χ3v) is 6.46. The molecule has 23 heavy (non-hydrogen) atoms. The summed E-state index contributed by atoms with van der Waals surface area (Å²) in [6.45, 7) is 1.76. The fourth-order valence-electron chi connectivity index (χ4n) is 2.51. The van der Waals surface area contributed by atoms with Crippen LogP contribution in [0.15, 0.2) is 56.6 Å². The maximum absolute atomic E-state index is 13.8. The molecule has 0 radical (unpaired) electrons. The van der Waals surface area contributed by atoms with Crippen LogP contribution in [0.4, 0.5) is 5.95 Å². The van der Waals surface area contributed by atoms with E-state index in [1.54, 1.807) is 54.1 Å². The van der Waals surface area contributed by atoms with E-state index in [4.69, 9.17) is 23.2 Å². The van der Waals surface area contributed by atoms with E-state index in [0.717, 1.165) is 0 Å². The molecule has 1 atom stereocenters. The molecule has 1 unspecified atom stereocenters. The van der Waals surface area contributed by atoms with Crippen molar-refractivity contribution >= 4 is 38.9 Å². The van der Waals surface area contributed by atoms with Crippen LogP contribution in [0, 0.1) is 6.92 Å². The highest BCUT2D eigenvalue weighted by Gasteiger charge is 2.30. The molecule has 0 saturated carbocycles. The van der Waals surface area contributed by atoms with Crippen LogP contribution < -0.4 is 0 Å². The Kier molecular flexibility index (Phi) is 3.23. The lowest BCUT2D eigenvalue weighted by Gasteiger charge is -2.20. The topological polar surface area (TPSA) is 60.1 Å². The minimum atomic E-state index is -3.00. The maximum Gasteiger partial charge on any atom is 0.261 e. The molecule has 0 bridgehead atoms. The summed E-state index contributed by atoms with van der Waals surface area (Å²) >= 11 is 12.4. The van der Waals surface area contributed by atoms with Gasteiger partial charge < -0.3 is 0 Å². The van der Waals surface area contributed by atoms with Gasteiger partial charge in [-0.3, -0.25) is 0 Å². The molecule has 0 fully saturated rings. The molecule has 0 aliphatic carbocycles. The summed E-state index contributed by atoms with van der Waals surface area (Å²) in [6.07, 6.45) is 0. The van der Waals surface area contributed by atoms with Gasteiger partial charge >= 0.3 is 0 Å². The number of benzene rings is 2. The first-order valence-electron chi connectivity index (χ1n) is 6.74. The van der Waals surface area contributed by atoms with Crippen LogP contribution in [-0.2, 0) is 9.73 Å². The Morgan fingerprint density at radius 3 is 2.65 bits per heavy atom. The molecule has 2 heterocycles. The Labute approximate surface area is 143 Å². The van der Waals surface area contributed by atoms with Gasteiger partial charge in [0.15, 0.2) is 0 Å². The number of fused-ring (bicyclic) bond motifs is 3. The molecular formula is C15H10Cl2N4OS. The van der Waals surface area contributed by atoms with Gasteiger partial charge in [0.25, 0.3) is 5.95 Å². The van der Waals surface area contributed by atoms with Crippen LogP contribution in [0.25, 0.3) is 5.69 Å². The Balaban J connectivity index is 2.16. The summed E-state index contributed by atoms with van der Waals surface area (Å²) in [6, 6.07) is 12.1. The van der Waals surface area contributed by atoms with E-state index in [1.807, 2.05) is 0 Å². The Bertz CT molecular complexity index is 1070. The number of aromatic nitrogens is 3. The molecule has 116 valence electrons. The van der Waals surface area contributed by atoms with Crippen LogP contribution in [0.3, 0.4) is 0 Å². The van der Waals surface area contributed by atoms with Crippen molar-refractivity contribution in [3.05, 3.63) is 58.3 Å². The lowest BCUT2D eigenvalue weighted by atomic mass is 10.3. The third-order valence-electron chi connectivity index (χ3n) is 3.49. The van der Waals surface area contributed by atoms with Crippen LogP contribution in [0.1, 0.15) is 5.82 Å². The summed E-state index contributed by atoms with van der Waals surface area (Å²) in [7, 11) is -3.00. The number of rotatable bonds is 1. The predicted octanol–water partition coefficient (Wildman–Crippen LogP) is 4.41. The highest BCUT2D eigenvalue weighted by molar-refractivity contribution is 7.94. The van der Waals surface area contributed by atoms with E-state index in [-0.39, 0.29) is 0 Å². The van der Waals surface area contributed by atoms with E-state index in [0.29, 0.717) is 37.3 Å². The van der Waals surface area contributed by atoms with E-state index < -0.39 is 9.73 Å². The molecular weight excluding hydrogens is 355 g/mol. The van der Waals surface area contributed by atoms with Crippen molar-refractivity contribution in [2.24, 2.45) is 4.36 Å². The quantitative estimate of drug-likeness (QED) is 0.502. The summed E-state index contributed by atoms with van der Waals surface area (Å²) in [5.41, 5.74) is 0.643. The van der Waals surface area contributed by atoms with Gasteiger partial charge in [-0.2, -0.15) is 14.0 Å². The average molecular weight is 365 g/mol. The van der Waals surface area contributed by atoms with Crippen molar-refractivity contribution in [3.63, 3.8) is 0 Å². The predicted molar refractivity (Wildman–Crippen MR) is 89.3 cm³/mol. The smallest absolute Gasteiger partial charge is 0.239 e. The first kappa shape index (κ1) is 14.7. The largest absolute Gasteiger partial charge is 0.261 e. The van der Waals surface area contributed by atoms with Gasteiger partial charge in [0.2, 0.25) is 0 Å². The molecule has 1 aliphatic rings. The first-order valence-corrected chi connectivity index (χ1v) is 9.01. The van der Waals surface area contributed by atoms with Crippen LogP contribution in [-0.4, -0.2) is 19.0 Å². The highest BCUT2D eigenvalue weighted by Crippen LogP contribution is 2.40. The molecule has 3 aromatic rings. The van der Waals surface area contributed by atoms with Gasteiger partial charge in [-0.1, -0.05) is 35.3 Å². The Morgan fingerprint density at radius 2 is 1.87 bits per heavy atom. The summed E-state index contributed by atoms with van der Waals surface area (Å²) in [5, 5.41) is 5.17. The zero-order valence-electron chi connectivity index (χ0n) is 11.9. The Morgan fingerprint density at radius 1 is 1.09 bits per heavy atom. The molecule has 0 N–H and O–H groups in total. The lowest BCUT2D eigenvalue weighted by molar-refractivity contribution is 0.672. The zero-order chi connectivity index (χ0) is 16.2. The second-order valence-corrected chi connectivity index (χ2v) is 7.99. The summed E-state index contributed by atoms with van der Waals surface area (Å²) < 4.78 is 19.7. The van der Waals surface area contributed by atoms with Crippen LogP contribution in [0.5, 0.6) is 0 Å². The maximum atomic E-state index is 13.8. The molecule has 0 saturated heterocycles. The first-order chi connectivity index (χ1) is 11.0. The monoisotopic (exact) mass is 364 g/mol. The summed E-state index contributed by atoms with van der Waals surface area (Å²) in [5.74, 6) is 0.842. The van der Waals surface area contributed by atoms with Crippen molar-refractivity contribution in [3.8, 4) is 5.69 Å². The van der Waals surface area contributed by atoms with Gasteiger partial charge in [0.1, 0.15) is 15.6 Å². The van der Waals surface area contributed by atoms with Crippen molar-refractivity contribution in [1.29, 1.82) is 0 Å². The number of halogens is 2. The van der Waals surface area contributed by atoms with Crippen LogP contribution >= 0.6 is 23.2 Å². The van der Waals surface area contributed by atoms with Gasteiger partial charge in [-0.25, -0.2) is 4.21 Å². The SMILES string of the molecule is Cc1nc2n(n1)-c1ccc(Cl)cc1S(=O)(c1ccccc1Cl)=N2. The second kappa shape index (κ2) is 5.06. The molecule has 2 aromatic carbocycles. The minimum Gasteiger partial charge on any atom is -0.239 e. The number of nitrogens with zero attached hydrogens (tertiary/aromatic N) is 4. The zero-order valence-corrected chi connectivity index (χ0v) is 14.2. The van der Waals surface area contributed by atoms with E-state index in [1.165, 1.54) is 0 Å². The van der Waals surface area contributed by atoms with Gasteiger partial charge in [-0.05, 0) is 37.3 Å². The Hall–Kier alpha value is -1.89. The summed E-state index contributed by atoms with van der Waals surface area (Å²) in [4.78, 5) is 5.18. The molecule has 1 aliphatic heterocycles. The van der Waals surface area contributed by atoms with Gasteiger partial charge in [0, 0.05) is 5.02 Å². The van der Waals surface area contributed by atoms with Crippen molar-refractivity contribution in [2.45, 2.75) is 16.7 Å². The van der Waals surface area contributed by atoms with Gasteiger partial charge in [-0.15, -0.1) is 5.10 Å². The number of hydrogen-bond acceptors (Lipinski definition) is 4. The second-order valence-electron chi connectivity index (χ2n) is 5.03. The van der Waals surface area contributed by atoms with E-state index in [9.17, 15) is 4.21 Å². The van der Waals surface area contributed by atoms with Gasteiger partial charge in [0.05, 0.1) is 20.5 Å². The molecule has 0 spiro atoms. The third kappa shape index (κ3) is 2.17. The number of hydrogen-bond donors (Lipinski definition) is 0. The van der Waals surface area contributed by atoms with Crippen LogP contribution in [0.2, 0.25) is 10.0 Å². The average Bonchev–Trinajstić information content (AvgIpc) is 2.88. The highest BCUT2D eigenvalue weighted by atomic mass is 35.5.